The molecule has 0 aliphatic heterocycles. The van der Waals surface area contributed by atoms with E-state index in [1.54, 1.807) is 6.20 Å². The van der Waals surface area contributed by atoms with Crippen molar-refractivity contribution in [3.8, 4) is 5.69 Å². The lowest BCUT2D eigenvalue weighted by Gasteiger charge is -2.26. The van der Waals surface area contributed by atoms with Crippen LogP contribution in [-0.4, -0.2) is 27.8 Å². The van der Waals surface area contributed by atoms with Gasteiger partial charge in [-0.2, -0.15) is 5.10 Å². The monoisotopic (exact) mass is 392 g/mol. The van der Waals surface area contributed by atoms with E-state index >= 15 is 0 Å². The van der Waals surface area contributed by atoms with Crippen LogP contribution >= 0.6 is 15.9 Å². The molecular weight excluding hydrogens is 368 g/mol. The molecule has 2 rings (SSSR count). The average Bonchev–Trinajstić information content (AvgIpc) is 3.04. The van der Waals surface area contributed by atoms with Crippen LogP contribution in [0, 0.1) is 0 Å². The third-order valence-electron chi connectivity index (χ3n) is 4.53. The molecular formula is C18H25BrN4O. The van der Waals surface area contributed by atoms with Crippen molar-refractivity contribution in [2.45, 2.75) is 45.6 Å². The molecule has 0 aliphatic rings. The van der Waals surface area contributed by atoms with E-state index in [0.29, 0.717) is 18.5 Å². The summed E-state index contributed by atoms with van der Waals surface area (Å²) in [6, 6.07) is 7.86. The van der Waals surface area contributed by atoms with E-state index in [2.05, 4.69) is 26.3 Å². The lowest BCUT2D eigenvalue weighted by molar-refractivity contribution is 0.0941. The predicted molar refractivity (Wildman–Crippen MR) is 100 cm³/mol. The van der Waals surface area contributed by atoms with Gasteiger partial charge in [-0.1, -0.05) is 36.7 Å². The lowest BCUT2D eigenvalue weighted by Crippen LogP contribution is -2.49. The number of hydrogen-bond donors (Lipinski definition) is 2. The zero-order chi connectivity index (χ0) is 17.7. The summed E-state index contributed by atoms with van der Waals surface area (Å²) < 4.78 is 2.82. The van der Waals surface area contributed by atoms with Crippen molar-refractivity contribution >= 4 is 21.8 Å². The second kappa shape index (κ2) is 7.94. The van der Waals surface area contributed by atoms with Crippen molar-refractivity contribution in [1.29, 1.82) is 0 Å². The highest BCUT2D eigenvalue weighted by atomic mass is 79.9. The molecule has 1 amide bonds. The largest absolute Gasteiger partial charge is 0.350 e. The van der Waals surface area contributed by atoms with Gasteiger partial charge in [0, 0.05) is 16.6 Å². The number of carbonyl (C=O) groups excluding carboxylic acids is 1. The Hall–Kier alpha value is -1.66. The maximum absolute atomic E-state index is 12.6. The molecule has 0 aliphatic carbocycles. The molecule has 0 fully saturated rings. The normalized spacial score (nSPS) is 11.5. The summed E-state index contributed by atoms with van der Waals surface area (Å²) >= 11 is 3.43. The smallest absolute Gasteiger partial charge is 0.254 e. The highest BCUT2D eigenvalue weighted by Crippen LogP contribution is 2.19. The molecule has 0 saturated heterocycles. The Kier molecular flexibility index (Phi) is 6.18. The quantitative estimate of drug-likeness (QED) is 0.757. The van der Waals surface area contributed by atoms with Crippen LogP contribution in [-0.2, 0) is 6.42 Å². The summed E-state index contributed by atoms with van der Waals surface area (Å²) in [5.41, 5.74) is 8.34. The van der Waals surface area contributed by atoms with E-state index < -0.39 is 0 Å². The molecule has 6 heteroatoms. The van der Waals surface area contributed by atoms with E-state index in [9.17, 15) is 4.79 Å². The minimum Gasteiger partial charge on any atom is -0.350 e. The van der Waals surface area contributed by atoms with Gasteiger partial charge in [-0.15, -0.1) is 0 Å². The standard InChI is InChI=1S/C18H25BrN4O/c1-4-16-15(17(24)21-12-18(20,5-2)6-3)11-22-23(16)14-9-7-13(19)8-10-14/h7-11H,4-6,12,20H2,1-3H3,(H,21,24). The molecule has 0 unspecified atom stereocenters. The van der Waals surface area contributed by atoms with Gasteiger partial charge < -0.3 is 11.1 Å². The van der Waals surface area contributed by atoms with Crippen molar-refractivity contribution in [2.24, 2.45) is 5.73 Å². The molecule has 0 bridgehead atoms. The van der Waals surface area contributed by atoms with Crippen LogP contribution in [0.5, 0.6) is 0 Å². The van der Waals surface area contributed by atoms with Crippen LogP contribution in [0.25, 0.3) is 5.69 Å². The van der Waals surface area contributed by atoms with Gasteiger partial charge in [0.05, 0.1) is 23.1 Å². The van der Waals surface area contributed by atoms with E-state index in [0.717, 1.165) is 28.7 Å². The van der Waals surface area contributed by atoms with Gasteiger partial charge in [-0.3, -0.25) is 4.79 Å². The molecule has 0 saturated carbocycles. The fraction of sp³-hybridized carbons (Fsp3) is 0.444. The molecule has 3 N–H and O–H groups in total. The number of halogens is 1. The maximum Gasteiger partial charge on any atom is 0.254 e. The minimum atomic E-state index is -0.357. The number of carbonyl (C=O) groups is 1. The van der Waals surface area contributed by atoms with Gasteiger partial charge in [-0.05, 0) is 43.5 Å². The second-order valence-electron chi connectivity index (χ2n) is 6.00. The molecule has 24 heavy (non-hydrogen) atoms. The summed E-state index contributed by atoms with van der Waals surface area (Å²) in [6.07, 6.45) is 3.99. The van der Waals surface area contributed by atoms with Crippen molar-refractivity contribution < 1.29 is 4.79 Å². The Morgan fingerprint density at radius 1 is 1.25 bits per heavy atom. The third-order valence-corrected chi connectivity index (χ3v) is 5.06. The van der Waals surface area contributed by atoms with E-state index in [-0.39, 0.29) is 11.4 Å². The first-order chi connectivity index (χ1) is 11.4. The summed E-state index contributed by atoms with van der Waals surface area (Å²) in [4.78, 5) is 12.6. The van der Waals surface area contributed by atoms with Crippen LogP contribution in [0.1, 0.15) is 49.7 Å². The molecule has 1 heterocycles. The van der Waals surface area contributed by atoms with Crippen molar-refractivity contribution in [1.82, 2.24) is 15.1 Å². The zero-order valence-electron chi connectivity index (χ0n) is 14.5. The van der Waals surface area contributed by atoms with Gasteiger partial charge in [0.1, 0.15) is 0 Å². The lowest BCUT2D eigenvalue weighted by atomic mass is 9.94. The summed E-state index contributed by atoms with van der Waals surface area (Å²) in [7, 11) is 0. The predicted octanol–water partition coefficient (Wildman–Crippen LogP) is 3.44. The van der Waals surface area contributed by atoms with E-state index in [1.165, 1.54) is 0 Å². The number of nitrogens with zero attached hydrogens (tertiary/aromatic N) is 2. The van der Waals surface area contributed by atoms with Crippen LogP contribution in [0.3, 0.4) is 0 Å². The molecule has 1 aromatic heterocycles. The first-order valence-electron chi connectivity index (χ1n) is 8.34. The number of aromatic nitrogens is 2. The molecule has 5 nitrogen and oxygen atoms in total. The number of rotatable bonds is 7. The number of benzene rings is 1. The van der Waals surface area contributed by atoms with Crippen LogP contribution in [0.2, 0.25) is 0 Å². The Labute approximate surface area is 151 Å². The Balaban J connectivity index is 2.22. The Morgan fingerprint density at radius 3 is 2.42 bits per heavy atom. The average molecular weight is 393 g/mol. The topological polar surface area (TPSA) is 72.9 Å². The zero-order valence-corrected chi connectivity index (χ0v) is 16.1. The first kappa shape index (κ1) is 18.7. The van der Waals surface area contributed by atoms with Gasteiger partial charge in [0.2, 0.25) is 0 Å². The summed E-state index contributed by atoms with van der Waals surface area (Å²) in [6.45, 7) is 6.57. The fourth-order valence-corrected chi connectivity index (χ4v) is 2.82. The van der Waals surface area contributed by atoms with Gasteiger partial charge in [-0.25, -0.2) is 4.68 Å². The highest BCUT2D eigenvalue weighted by molar-refractivity contribution is 9.10. The molecule has 2 aromatic rings. The maximum atomic E-state index is 12.6. The first-order valence-corrected chi connectivity index (χ1v) is 9.13. The second-order valence-corrected chi connectivity index (χ2v) is 6.91. The molecule has 1 aromatic carbocycles. The summed E-state index contributed by atoms with van der Waals surface area (Å²) in [5.74, 6) is -0.119. The molecule has 0 spiro atoms. The van der Waals surface area contributed by atoms with Crippen molar-refractivity contribution in [3.63, 3.8) is 0 Å². The highest BCUT2D eigenvalue weighted by Gasteiger charge is 2.23. The minimum absolute atomic E-state index is 0.119. The SMILES string of the molecule is CCc1c(C(=O)NCC(N)(CC)CC)cnn1-c1ccc(Br)cc1. The number of hydrogen-bond acceptors (Lipinski definition) is 3. The third kappa shape index (κ3) is 4.05. The summed E-state index contributed by atoms with van der Waals surface area (Å²) in [5, 5.41) is 7.37. The van der Waals surface area contributed by atoms with Gasteiger partial charge in [0.15, 0.2) is 0 Å². The van der Waals surface area contributed by atoms with Crippen molar-refractivity contribution in [2.75, 3.05) is 6.54 Å². The van der Waals surface area contributed by atoms with Crippen LogP contribution in [0.15, 0.2) is 34.9 Å². The fourth-order valence-electron chi connectivity index (χ4n) is 2.56. The van der Waals surface area contributed by atoms with E-state index in [1.807, 2.05) is 49.7 Å². The van der Waals surface area contributed by atoms with E-state index in [4.69, 9.17) is 5.73 Å². The molecule has 0 atom stereocenters. The van der Waals surface area contributed by atoms with Crippen LogP contribution in [0.4, 0.5) is 0 Å². The van der Waals surface area contributed by atoms with Gasteiger partial charge in [0.25, 0.3) is 5.91 Å². The van der Waals surface area contributed by atoms with Crippen molar-refractivity contribution in [3.05, 3.63) is 46.2 Å². The molecule has 130 valence electrons. The Bertz CT molecular complexity index is 690. The molecule has 0 radical (unpaired) electrons. The number of nitrogens with two attached hydrogens (primary N) is 1. The Morgan fingerprint density at radius 2 is 1.88 bits per heavy atom. The van der Waals surface area contributed by atoms with Crippen LogP contribution < -0.4 is 11.1 Å². The number of amides is 1. The van der Waals surface area contributed by atoms with Gasteiger partial charge >= 0.3 is 0 Å². The number of nitrogens with one attached hydrogen (secondary N) is 1.